The predicted molar refractivity (Wildman–Crippen MR) is 63.7 cm³/mol. The first-order valence-corrected chi connectivity index (χ1v) is 5.45. The summed E-state index contributed by atoms with van der Waals surface area (Å²) in [6, 6.07) is 6.89. The van der Waals surface area contributed by atoms with Crippen molar-refractivity contribution >= 4 is 11.6 Å². The molecule has 1 aromatic carbocycles. The molecule has 0 amide bonds. The molecule has 0 saturated carbocycles. The molecule has 0 spiro atoms. The minimum Gasteiger partial charge on any atom is -0.484 e. The number of hydrogen-bond acceptors (Lipinski definition) is 4. The fourth-order valence-corrected chi connectivity index (χ4v) is 1.56. The number of aliphatic hydroxyl groups is 1. The van der Waals surface area contributed by atoms with Crippen LogP contribution in [0.5, 0.6) is 5.75 Å². The van der Waals surface area contributed by atoms with Gasteiger partial charge in [-0.25, -0.2) is 9.97 Å². The molecule has 0 aliphatic heterocycles. The minimum absolute atomic E-state index is 0.0399. The van der Waals surface area contributed by atoms with E-state index in [-0.39, 0.29) is 13.2 Å². The molecule has 0 saturated heterocycles. The van der Waals surface area contributed by atoms with E-state index < -0.39 is 0 Å². The quantitative estimate of drug-likeness (QED) is 0.904. The second-order valence-electron chi connectivity index (χ2n) is 3.38. The molecular formula is C12H11ClN2O2. The molecule has 17 heavy (non-hydrogen) atoms. The summed E-state index contributed by atoms with van der Waals surface area (Å²) in [5.74, 6) is 1.14. The highest BCUT2D eigenvalue weighted by molar-refractivity contribution is 6.32. The van der Waals surface area contributed by atoms with Gasteiger partial charge in [-0.15, -0.1) is 0 Å². The molecule has 1 aromatic heterocycles. The van der Waals surface area contributed by atoms with Crippen molar-refractivity contribution in [1.29, 1.82) is 0 Å². The zero-order valence-electron chi connectivity index (χ0n) is 9.01. The summed E-state index contributed by atoms with van der Waals surface area (Å²) in [4.78, 5) is 8.08. The van der Waals surface area contributed by atoms with Gasteiger partial charge < -0.3 is 9.84 Å². The summed E-state index contributed by atoms with van der Waals surface area (Å²) >= 11 is 6.00. The van der Waals surface area contributed by atoms with Crippen LogP contribution in [0.2, 0.25) is 5.02 Å². The highest BCUT2D eigenvalue weighted by Gasteiger charge is 2.04. The third-order valence-electron chi connectivity index (χ3n) is 2.15. The molecule has 0 fully saturated rings. The second-order valence-corrected chi connectivity index (χ2v) is 3.78. The fourth-order valence-electron chi connectivity index (χ4n) is 1.31. The number of benzene rings is 1. The largest absolute Gasteiger partial charge is 0.484 e. The number of hydrogen-bond donors (Lipinski definition) is 1. The molecule has 0 atom stereocenters. The molecule has 0 aliphatic carbocycles. The van der Waals surface area contributed by atoms with E-state index in [2.05, 4.69) is 9.97 Å². The molecule has 0 radical (unpaired) electrons. The van der Waals surface area contributed by atoms with Crippen LogP contribution in [-0.2, 0) is 13.2 Å². The summed E-state index contributed by atoms with van der Waals surface area (Å²) in [7, 11) is 0. The third-order valence-corrected chi connectivity index (χ3v) is 2.45. The fraction of sp³-hybridized carbons (Fsp3) is 0.167. The van der Waals surface area contributed by atoms with E-state index >= 15 is 0 Å². The van der Waals surface area contributed by atoms with Crippen molar-refractivity contribution in [2.45, 2.75) is 13.2 Å². The van der Waals surface area contributed by atoms with Crippen molar-refractivity contribution < 1.29 is 9.84 Å². The Kier molecular flexibility index (Phi) is 3.90. The second kappa shape index (κ2) is 5.61. The Morgan fingerprint density at radius 3 is 2.65 bits per heavy atom. The minimum atomic E-state index is -0.0399. The van der Waals surface area contributed by atoms with Crippen molar-refractivity contribution in [3.8, 4) is 5.75 Å². The Morgan fingerprint density at radius 1 is 1.24 bits per heavy atom. The average Bonchev–Trinajstić information content (AvgIpc) is 2.38. The lowest BCUT2D eigenvalue weighted by molar-refractivity contribution is 0.280. The summed E-state index contributed by atoms with van der Waals surface area (Å²) in [6.07, 6.45) is 3.31. The van der Waals surface area contributed by atoms with E-state index in [1.54, 1.807) is 36.7 Å². The summed E-state index contributed by atoms with van der Waals surface area (Å²) in [5.41, 5.74) is 0.748. The van der Waals surface area contributed by atoms with E-state index in [1.165, 1.54) is 0 Å². The van der Waals surface area contributed by atoms with Crippen LogP contribution in [-0.4, -0.2) is 15.1 Å². The molecule has 1 heterocycles. The monoisotopic (exact) mass is 250 g/mol. The van der Waals surface area contributed by atoms with Gasteiger partial charge in [-0.05, 0) is 23.8 Å². The summed E-state index contributed by atoms with van der Waals surface area (Å²) < 4.78 is 5.48. The average molecular weight is 251 g/mol. The molecule has 88 valence electrons. The lowest BCUT2D eigenvalue weighted by atomic mass is 10.2. The SMILES string of the molecule is OCc1ccc(OCc2ncccn2)c(Cl)c1. The van der Waals surface area contributed by atoms with Crippen LogP contribution >= 0.6 is 11.6 Å². The number of rotatable bonds is 4. The van der Waals surface area contributed by atoms with E-state index in [9.17, 15) is 0 Å². The Bertz CT molecular complexity index is 491. The van der Waals surface area contributed by atoms with Crippen molar-refractivity contribution in [3.05, 3.63) is 53.1 Å². The van der Waals surface area contributed by atoms with Gasteiger partial charge in [-0.1, -0.05) is 17.7 Å². The first-order valence-electron chi connectivity index (χ1n) is 5.07. The van der Waals surface area contributed by atoms with E-state index in [0.29, 0.717) is 16.6 Å². The van der Waals surface area contributed by atoms with E-state index in [4.69, 9.17) is 21.4 Å². The van der Waals surface area contributed by atoms with E-state index in [0.717, 1.165) is 5.56 Å². The van der Waals surface area contributed by atoms with Crippen molar-refractivity contribution in [1.82, 2.24) is 9.97 Å². The summed E-state index contributed by atoms with van der Waals surface area (Å²) in [5, 5.41) is 9.41. The maximum Gasteiger partial charge on any atom is 0.166 e. The molecule has 1 N–H and O–H groups in total. The Hall–Kier alpha value is -1.65. The molecule has 4 nitrogen and oxygen atoms in total. The van der Waals surface area contributed by atoms with Crippen LogP contribution in [0.3, 0.4) is 0 Å². The van der Waals surface area contributed by atoms with Crippen LogP contribution < -0.4 is 4.74 Å². The maximum absolute atomic E-state index is 8.94. The van der Waals surface area contributed by atoms with Gasteiger partial charge in [0.25, 0.3) is 0 Å². The lowest BCUT2D eigenvalue weighted by Gasteiger charge is -2.07. The number of halogens is 1. The molecule has 2 rings (SSSR count). The molecule has 5 heteroatoms. The van der Waals surface area contributed by atoms with Crippen molar-refractivity contribution in [2.75, 3.05) is 0 Å². The van der Waals surface area contributed by atoms with Crippen LogP contribution in [0.15, 0.2) is 36.7 Å². The van der Waals surface area contributed by atoms with Crippen LogP contribution in [0.4, 0.5) is 0 Å². The number of aromatic nitrogens is 2. The maximum atomic E-state index is 8.94. The Balaban J connectivity index is 2.04. The smallest absolute Gasteiger partial charge is 0.166 e. The van der Waals surface area contributed by atoms with Crippen LogP contribution in [0.25, 0.3) is 0 Å². The highest BCUT2D eigenvalue weighted by Crippen LogP contribution is 2.25. The van der Waals surface area contributed by atoms with Crippen molar-refractivity contribution in [2.24, 2.45) is 0 Å². The van der Waals surface area contributed by atoms with Gasteiger partial charge in [0.2, 0.25) is 0 Å². The van der Waals surface area contributed by atoms with Gasteiger partial charge >= 0.3 is 0 Å². The van der Waals surface area contributed by atoms with Crippen LogP contribution in [0, 0.1) is 0 Å². The number of nitrogens with zero attached hydrogens (tertiary/aromatic N) is 2. The molecule has 0 unspecified atom stereocenters. The number of ether oxygens (including phenoxy) is 1. The standard InChI is InChI=1S/C12H11ClN2O2/c13-10-6-9(7-16)2-3-11(10)17-8-12-14-4-1-5-15-12/h1-6,16H,7-8H2. The lowest BCUT2D eigenvalue weighted by Crippen LogP contribution is -2.00. The molecule has 0 aliphatic rings. The Labute approximate surface area is 104 Å². The van der Waals surface area contributed by atoms with Crippen molar-refractivity contribution in [3.63, 3.8) is 0 Å². The summed E-state index contributed by atoms with van der Waals surface area (Å²) in [6.45, 7) is 0.223. The first-order chi connectivity index (χ1) is 8.29. The normalized spacial score (nSPS) is 10.2. The number of aliphatic hydroxyl groups excluding tert-OH is 1. The van der Waals surface area contributed by atoms with Gasteiger partial charge in [-0.2, -0.15) is 0 Å². The molecular weight excluding hydrogens is 240 g/mol. The predicted octanol–water partition coefficient (Wildman–Crippen LogP) is 2.20. The third kappa shape index (κ3) is 3.15. The topological polar surface area (TPSA) is 55.2 Å². The van der Waals surface area contributed by atoms with E-state index in [1.807, 2.05) is 0 Å². The van der Waals surface area contributed by atoms with Crippen LogP contribution in [0.1, 0.15) is 11.4 Å². The zero-order chi connectivity index (χ0) is 12.1. The first kappa shape index (κ1) is 11.8. The van der Waals surface area contributed by atoms with Gasteiger partial charge in [0.15, 0.2) is 5.82 Å². The van der Waals surface area contributed by atoms with Gasteiger partial charge in [-0.3, -0.25) is 0 Å². The van der Waals surface area contributed by atoms with Gasteiger partial charge in [0.1, 0.15) is 12.4 Å². The zero-order valence-corrected chi connectivity index (χ0v) is 9.76. The Morgan fingerprint density at radius 2 is 2.00 bits per heavy atom. The highest BCUT2D eigenvalue weighted by atomic mass is 35.5. The molecule has 0 bridgehead atoms. The van der Waals surface area contributed by atoms with Gasteiger partial charge in [0.05, 0.1) is 11.6 Å². The molecule has 2 aromatic rings. The van der Waals surface area contributed by atoms with Gasteiger partial charge in [0, 0.05) is 12.4 Å².